The molecular formula is C18H21NO2S. The van der Waals surface area contributed by atoms with Crippen LogP contribution >= 0.6 is 11.8 Å². The van der Waals surface area contributed by atoms with E-state index in [0.29, 0.717) is 17.2 Å². The molecular weight excluding hydrogens is 294 g/mol. The lowest BCUT2D eigenvalue weighted by molar-refractivity contribution is -0.113. The number of amides is 1. The van der Waals surface area contributed by atoms with Crippen LogP contribution in [-0.4, -0.2) is 17.8 Å². The largest absolute Gasteiger partial charge is 0.489 e. The topological polar surface area (TPSA) is 38.3 Å². The molecule has 0 radical (unpaired) electrons. The highest BCUT2D eigenvalue weighted by atomic mass is 32.2. The Labute approximate surface area is 136 Å². The van der Waals surface area contributed by atoms with E-state index < -0.39 is 0 Å². The van der Waals surface area contributed by atoms with Gasteiger partial charge in [-0.1, -0.05) is 29.8 Å². The molecule has 0 atom stereocenters. The van der Waals surface area contributed by atoms with E-state index in [4.69, 9.17) is 4.74 Å². The second-order valence-corrected chi connectivity index (χ2v) is 6.36. The average molecular weight is 315 g/mol. The zero-order valence-electron chi connectivity index (χ0n) is 13.1. The third-order valence-corrected chi connectivity index (χ3v) is 3.93. The van der Waals surface area contributed by atoms with Gasteiger partial charge in [-0.2, -0.15) is 0 Å². The van der Waals surface area contributed by atoms with E-state index in [1.165, 1.54) is 17.3 Å². The van der Waals surface area contributed by atoms with Gasteiger partial charge in [-0.05, 0) is 45.0 Å². The molecule has 22 heavy (non-hydrogen) atoms. The van der Waals surface area contributed by atoms with Crippen LogP contribution in [0.5, 0.6) is 5.75 Å². The number of hydrogen-bond donors (Lipinski definition) is 1. The molecule has 0 aromatic heterocycles. The van der Waals surface area contributed by atoms with Crippen molar-refractivity contribution in [1.82, 2.24) is 0 Å². The Kier molecular flexibility index (Phi) is 5.90. The highest BCUT2D eigenvalue weighted by Crippen LogP contribution is 2.25. The maximum Gasteiger partial charge on any atom is 0.234 e. The molecule has 0 saturated carbocycles. The zero-order valence-corrected chi connectivity index (χ0v) is 13.9. The molecule has 4 heteroatoms. The number of benzene rings is 2. The summed E-state index contributed by atoms with van der Waals surface area (Å²) >= 11 is 1.52. The summed E-state index contributed by atoms with van der Waals surface area (Å²) in [5.74, 6) is 1.04. The lowest BCUT2D eigenvalue weighted by Crippen LogP contribution is -2.16. The summed E-state index contributed by atoms with van der Waals surface area (Å²) in [5, 5.41) is 2.91. The second kappa shape index (κ2) is 7.90. The first-order valence-corrected chi connectivity index (χ1v) is 8.28. The fourth-order valence-corrected chi connectivity index (χ4v) is 2.59. The third-order valence-electron chi connectivity index (χ3n) is 2.91. The zero-order chi connectivity index (χ0) is 15.9. The summed E-state index contributed by atoms with van der Waals surface area (Å²) in [4.78, 5) is 13.2. The van der Waals surface area contributed by atoms with Crippen molar-refractivity contribution in [1.29, 1.82) is 0 Å². The lowest BCUT2D eigenvalue weighted by atomic mass is 10.2. The van der Waals surface area contributed by atoms with E-state index in [2.05, 4.69) is 5.32 Å². The lowest BCUT2D eigenvalue weighted by Gasteiger charge is -2.14. The van der Waals surface area contributed by atoms with Crippen LogP contribution in [0.3, 0.4) is 0 Å². The number of aryl methyl sites for hydroxylation is 1. The number of para-hydroxylation sites is 2. The normalized spacial score (nSPS) is 10.5. The fraction of sp³-hybridized carbons (Fsp3) is 0.278. The van der Waals surface area contributed by atoms with Crippen molar-refractivity contribution in [2.24, 2.45) is 0 Å². The van der Waals surface area contributed by atoms with E-state index in [-0.39, 0.29) is 12.0 Å². The Balaban J connectivity index is 1.93. The number of thioether (sulfide) groups is 1. The van der Waals surface area contributed by atoms with Gasteiger partial charge in [-0.3, -0.25) is 4.79 Å². The van der Waals surface area contributed by atoms with Crippen molar-refractivity contribution in [2.75, 3.05) is 11.1 Å². The van der Waals surface area contributed by atoms with E-state index in [9.17, 15) is 4.79 Å². The minimum atomic E-state index is -0.0367. The van der Waals surface area contributed by atoms with Gasteiger partial charge in [0.1, 0.15) is 5.75 Å². The van der Waals surface area contributed by atoms with Gasteiger partial charge in [-0.15, -0.1) is 11.8 Å². The number of carbonyl (C=O) groups is 1. The molecule has 0 aliphatic heterocycles. The first-order chi connectivity index (χ1) is 10.5. The summed E-state index contributed by atoms with van der Waals surface area (Å²) in [5.41, 5.74) is 1.93. The van der Waals surface area contributed by atoms with E-state index in [0.717, 1.165) is 4.90 Å². The number of hydrogen-bond acceptors (Lipinski definition) is 3. The van der Waals surface area contributed by atoms with Crippen molar-refractivity contribution in [3.63, 3.8) is 0 Å². The molecule has 116 valence electrons. The van der Waals surface area contributed by atoms with Gasteiger partial charge in [0.05, 0.1) is 17.5 Å². The minimum absolute atomic E-state index is 0.0367. The first-order valence-electron chi connectivity index (χ1n) is 7.29. The summed E-state index contributed by atoms with van der Waals surface area (Å²) in [6.07, 6.45) is 0.0694. The summed E-state index contributed by atoms with van der Waals surface area (Å²) < 4.78 is 5.70. The SMILES string of the molecule is Cc1ccc(SCC(=O)Nc2ccccc2OC(C)C)cc1. The molecule has 2 rings (SSSR count). The third kappa shape index (κ3) is 5.11. The van der Waals surface area contributed by atoms with Gasteiger partial charge >= 0.3 is 0 Å². The summed E-state index contributed by atoms with van der Waals surface area (Å²) in [6.45, 7) is 5.98. The monoisotopic (exact) mass is 315 g/mol. The molecule has 1 amide bonds. The summed E-state index contributed by atoms with van der Waals surface area (Å²) in [7, 11) is 0. The van der Waals surface area contributed by atoms with Crippen molar-refractivity contribution >= 4 is 23.4 Å². The average Bonchev–Trinajstić information content (AvgIpc) is 2.48. The van der Waals surface area contributed by atoms with E-state index in [1.54, 1.807) is 0 Å². The number of anilines is 1. The number of nitrogens with one attached hydrogen (secondary N) is 1. The molecule has 0 heterocycles. The van der Waals surface area contributed by atoms with Crippen LogP contribution in [0.1, 0.15) is 19.4 Å². The van der Waals surface area contributed by atoms with Crippen LogP contribution in [0, 0.1) is 6.92 Å². The summed E-state index contributed by atoms with van der Waals surface area (Å²) in [6, 6.07) is 15.7. The van der Waals surface area contributed by atoms with Crippen LogP contribution in [-0.2, 0) is 4.79 Å². The van der Waals surface area contributed by atoms with Crippen LogP contribution < -0.4 is 10.1 Å². The highest BCUT2D eigenvalue weighted by Gasteiger charge is 2.09. The Morgan fingerprint density at radius 2 is 1.82 bits per heavy atom. The molecule has 0 bridgehead atoms. The molecule has 2 aromatic carbocycles. The van der Waals surface area contributed by atoms with Gasteiger partial charge in [0, 0.05) is 4.90 Å². The van der Waals surface area contributed by atoms with Crippen molar-refractivity contribution in [2.45, 2.75) is 31.8 Å². The van der Waals surface area contributed by atoms with E-state index in [1.807, 2.05) is 69.3 Å². The predicted molar refractivity (Wildman–Crippen MR) is 92.7 cm³/mol. The van der Waals surface area contributed by atoms with Crippen LogP contribution in [0.25, 0.3) is 0 Å². The highest BCUT2D eigenvalue weighted by molar-refractivity contribution is 8.00. The Morgan fingerprint density at radius 1 is 1.14 bits per heavy atom. The molecule has 0 aliphatic carbocycles. The smallest absolute Gasteiger partial charge is 0.234 e. The van der Waals surface area contributed by atoms with Gasteiger partial charge in [0.15, 0.2) is 0 Å². The van der Waals surface area contributed by atoms with Gasteiger partial charge in [0.25, 0.3) is 0 Å². The van der Waals surface area contributed by atoms with Crippen LogP contribution in [0.4, 0.5) is 5.69 Å². The molecule has 0 unspecified atom stereocenters. The number of rotatable bonds is 6. The predicted octanol–water partition coefficient (Wildman–Crippen LogP) is 4.51. The molecule has 1 N–H and O–H groups in total. The van der Waals surface area contributed by atoms with Crippen LogP contribution in [0.15, 0.2) is 53.4 Å². The quantitative estimate of drug-likeness (QED) is 0.797. The van der Waals surface area contributed by atoms with Gasteiger partial charge in [0.2, 0.25) is 5.91 Å². The molecule has 2 aromatic rings. The Bertz CT molecular complexity index is 623. The van der Waals surface area contributed by atoms with Crippen molar-refractivity contribution < 1.29 is 9.53 Å². The van der Waals surface area contributed by atoms with Crippen molar-refractivity contribution in [3.8, 4) is 5.75 Å². The molecule has 3 nitrogen and oxygen atoms in total. The molecule has 0 spiro atoms. The van der Waals surface area contributed by atoms with Crippen LogP contribution in [0.2, 0.25) is 0 Å². The molecule has 0 saturated heterocycles. The van der Waals surface area contributed by atoms with E-state index >= 15 is 0 Å². The number of carbonyl (C=O) groups excluding carboxylic acids is 1. The fourth-order valence-electron chi connectivity index (χ4n) is 1.90. The first kappa shape index (κ1) is 16.4. The van der Waals surface area contributed by atoms with Gasteiger partial charge in [-0.25, -0.2) is 0 Å². The minimum Gasteiger partial charge on any atom is -0.489 e. The molecule has 0 fully saturated rings. The van der Waals surface area contributed by atoms with Gasteiger partial charge < -0.3 is 10.1 Å². The standard InChI is InChI=1S/C18H21NO2S/c1-13(2)21-17-7-5-4-6-16(17)19-18(20)12-22-15-10-8-14(3)9-11-15/h4-11,13H,12H2,1-3H3,(H,19,20). The maximum atomic E-state index is 12.1. The maximum absolute atomic E-state index is 12.1. The second-order valence-electron chi connectivity index (χ2n) is 5.31. The van der Waals surface area contributed by atoms with Crippen molar-refractivity contribution in [3.05, 3.63) is 54.1 Å². The molecule has 0 aliphatic rings. The number of ether oxygens (including phenoxy) is 1. The Morgan fingerprint density at radius 3 is 2.50 bits per heavy atom. The Hall–Kier alpha value is -1.94.